The van der Waals surface area contributed by atoms with Crippen LogP contribution in [0.2, 0.25) is 0 Å². The molecule has 0 amide bonds. The first-order valence-corrected chi connectivity index (χ1v) is 14.8. The lowest BCUT2D eigenvalue weighted by Crippen LogP contribution is -2.33. The number of pyridine rings is 1. The Balaban J connectivity index is 0.000000278. The van der Waals surface area contributed by atoms with Gasteiger partial charge in [0.1, 0.15) is 10.1 Å². The normalized spacial score (nSPS) is 10.8. The van der Waals surface area contributed by atoms with E-state index < -0.39 is 10.1 Å². The van der Waals surface area contributed by atoms with Gasteiger partial charge in [0, 0.05) is 17.7 Å². The van der Waals surface area contributed by atoms with Crippen LogP contribution >= 0.6 is 0 Å². The van der Waals surface area contributed by atoms with E-state index in [4.69, 9.17) is 5.26 Å². The molecule has 1 heterocycles. The SMILES string of the molecule is CCCCCCCCCCCCc1ccc(S(=O)(=O)[O-])cc1.N#Cc1cc[n+](Cc2ccccc2)cc1. The van der Waals surface area contributed by atoms with Crippen LogP contribution in [0.5, 0.6) is 0 Å². The number of nitriles is 1. The number of aromatic nitrogens is 1. The minimum Gasteiger partial charge on any atom is -0.744 e. The number of hydrogen-bond acceptors (Lipinski definition) is 4. The Morgan fingerprint density at radius 3 is 1.78 bits per heavy atom. The maximum absolute atomic E-state index is 10.8. The summed E-state index contributed by atoms with van der Waals surface area (Å²) in [5.74, 6) is 0. The maximum atomic E-state index is 10.8. The highest BCUT2D eigenvalue weighted by atomic mass is 32.2. The van der Waals surface area contributed by atoms with Crippen molar-refractivity contribution in [2.75, 3.05) is 0 Å². The van der Waals surface area contributed by atoms with Gasteiger partial charge in [-0.25, -0.2) is 13.0 Å². The van der Waals surface area contributed by atoms with Crippen LogP contribution in [0.3, 0.4) is 0 Å². The second kappa shape index (κ2) is 17.4. The lowest BCUT2D eigenvalue weighted by Gasteiger charge is -2.08. The van der Waals surface area contributed by atoms with Gasteiger partial charge in [-0.3, -0.25) is 0 Å². The number of hydrogen-bond donors (Lipinski definition) is 0. The molecule has 0 spiro atoms. The van der Waals surface area contributed by atoms with E-state index in [1.807, 2.05) is 42.7 Å². The van der Waals surface area contributed by atoms with Crippen molar-refractivity contribution in [3.05, 3.63) is 95.8 Å². The molecule has 2 aromatic carbocycles. The van der Waals surface area contributed by atoms with Gasteiger partial charge in [-0.1, -0.05) is 107 Å². The van der Waals surface area contributed by atoms with Crippen LogP contribution in [0.1, 0.15) is 87.8 Å². The third-order valence-corrected chi connectivity index (χ3v) is 7.11. The van der Waals surface area contributed by atoms with E-state index in [0.717, 1.165) is 24.9 Å². The minimum absolute atomic E-state index is 0.140. The molecule has 3 aromatic rings. The summed E-state index contributed by atoms with van der Waals surface area (Å²) < 4.78 is 34.5. The van der Waals surface area contributed by atoms with Crippen LogP contribution in [0.4, 0.5) is 0 Å². The van der Waals surface area contributed by atoms with E-state index >= 15 is 0 Å². The summed E-state index contributed by atoms with van der Waals surface area (Å²) >= 11 is 0. The van der Waals surface area contributed by atoms with Crippen LogP contribution < -0.4 is 4.57 Å². The molecule has 0 atom stereocenters. The first-order chi connectivity index (χ1) is 17.9. The van der Waals surface area contributed by atoms with Crippen molar-refractivity contribution in [1.82, 2.24) is 0 Å². The standard InChI is InChI=1S/C18H30O3S.C13H11N2/c1-2-3-4-5-6-7-8-9-10-11-12-17-13-15-18(16-14-17)22(19,20)21;14-10-12-6-8-15(9-7-12)11-13-4-2-1-3-5-13/h13-16H,2-12H2,1H3,(H,19,20,21);1-9H,11H2/q;+1/p-1. The number of nitrogens with zero attached hydrogens (tertiary/aromatic N) is 2. The first kappa shape index (κ1) is 30.2. The summed E-state index contributed by atoms with van der Waals surface area (Å²) in [6, 6.07) is 22.3. The number of unbranched alkanes of at least 4 members (excludes halogenated alkanes) is 9. The summed E-state index contributed by atoms with van der Waals surface area (Å²) in [6.45, 7) is 3.08. The molecule has 0 saturated heterocycles. The average molecular weight is 521 g/mol. The molecule has 0 saturated carbocycles. The zero-order valence-electron chi connectivity index (χ0n) is 22.0. The van der Waals surface area contributed by atoms with Crippen molar-refractivity contribution >= 4 is 10.1 Å². The molecule has 0 bridgehead atoms. The summed E-state index contributed by atoms with van der Waals surface area (Å²) in [5.41, 5.74) is 3.05. The molecule has 0 fully saturated rings. The molecule has 6 heteroatoms. The van der Waals surface area contributed by atoms with E-state index in [9.17, 15) is 13.0 Å². The fourth-order valence-electron chi connectivity index (χ4n) is 4.07. The summed E-state index contributed by atoms with van der Waals surface area (Å²) in [4.78, 5) is -0.140. The van der Waals surface area contributed by atoms with Gasteiger partial charge in [0.2, 0.25) is 0 Å². The van der Waals surface area contributed by atoms with Crippen molar-refractivity contribution in [2.45, 2.75) is 89.0 Å². The molecule has 198 valence electrons. The Bertz CT molecular complexity index is 1150. The first-order valence-electron chi connectivity index (χ1n) is 13.4. The Kier molecular flexibility index (Phi) is 14.2. The van der Waals surface area contributed by atoms with Gasteiger partial charge in [0.25, 0.3) is 0 Å². The lowest BCUT2D eigenvalue weighted by atomic mass is 10.0. The molecule has 1 aromatic heterocycles. The van der Waals surface area contributed by atoms with Gasteiger partial charge in [-0.05, 0) is 30.5 Å². The quantitative estimate of drug-likeness (QED) is 0.131. The van der Waals surface area contributed by atoms with Crippen molar-refractivity contribution in [3.63, 3.8) is 0 Å². The van der Waals surface area contributed by atoms with Crippen LogP contribution in [-0.4, -0.2) is 13.0 Å². The fourth-order valence-corrected chi connectivity index (χ4v) is 4.54. The van der Waals surface area contributed by atoms with Gasteiger partial charge in [-0.2, -0.15) is 5.26 Å². The third-order valence-electron chi connectivity index (χ3n) is 6.26. The predicted octanol–water partition coefficient (Wildman–Crippen LogP) is 6.95. The molecular weight excluding hydrogens is 480 g/mol. The van der Waals surface area contributed by atoms with E-state index in [1.165, 1.54) is 75.5 Å². The zero-order chi connectivity index (χ0) is 26.8. The van der Waals surface area contributed by atoms with Crippen LogP contribution in [0, 0.1) is 11.3 Å². The number of rotatable bonds is 14. The summed E-state index contributed by atoms with van der Waals surface area (Å²) in [7, 11) is -4.31. The molecule has 3 rings (SSSR count). The minimum atomic E-state index is -4.31. The van der Waals surface area contributed by atoms with Gasteiger partial charge in [-0.15, -0.1) is 0 Å². The number of benzene rings is 2. The van der Waals surface area contributed by atoms with Crippen LogP contribution in [0.15, 0.2) is 84.0 Å². The molecule has 37 heavy (non-hydrogen) atoms. The maximum Gasteiger partial charge on any atom is 0.173 e. The molecule has 0 aliphatic heterocycles. The molecular formula is C31H40N2O3S. The Morgan fingerprint density at radius 2 is 1.27 bits per heavy atom. The Labute approximate surface area is 223 Å². The van der Waals surface area contributed by atoms with E-state index in [1.54, 1.807) is 12.1 Å². The Hall–Kier alpha value is -3.01. The molecule has 0 aliphatic rings. The average Bonchev–Trinajstić information content (AvgIpc) is 2.91. The van der Waals surface area contributed by atoms with Gasteiger partial charge >= 0.3 is 0 Å². The van der Waals surface area contributed by atoms with Crippen LogP contribution in [0.25, 0.3) is 0 Å². The largest absolute Gasteiger partial charge is 0.744 e. The predicted molar refractivity (Wildman–Crippen MR) is 147 cm³/mol. The second-order valence-corrected chi connectivity index (χ2v) is 10.8. The van der Waals surface area contributed by atoms with Gasteiger partial charge < -0.3 is 4.55 Å². The molecule has 0 unspecified atom stereocenters. The monoisotopic (exact) mass is 520 g/mol. The van der Waals surface area contributed by atoms with Gasteiger partial charge in [0.15, 0.2) is 18.9 Å². The Morgan fingerprint density at radius 1 is 0.730 bits per heavy atom. The topological polar surface area (TPSA) is 84.9 Å². The molecule has 0 radical (unpaired) electrons. The van der Waals surface area contributed by atoms with E-state index in [2.05, 4.69) is 29.7 Å². The fraction of sp³-hybridized carbons (Fsp3) is 0.419. The van der Waals surface area contributed by atoms with E-state index in [-0.39, 0.29) is 4.90 Å². The zero-order valence-corrected chi connectivity index (χ0v) is 22.8. The smallest absolute Gasteiger partial charge is 0.173 e. The van der Waals surface area contributed by atoms with Gasteiger partial charge in [0.05, 0.1) is 16.5 Å². The van der Waals surface area contributed by atoms with Crippen molar-refractivity contribution in [3.8, 4) is 6.07 Å². The lowest BCUT2D eigenvalue weighted by molar-refractivity contribution is -0.688. The molecule has 0 aliphatic carbocycles. The van der Waals surface area contributed by atoms with Crippen LogP contribution in [-0.2, 0) is 23.1 Å². The van der Waals surface area contributed by atoms with Crippen molar-refractivity contribution < 1.29 is 17.5 Å². The van der Waals surface area contributed by atoms with E-state index in [0.29, 0.717) is 5.56 Å². The highest BCUT2D eigenvalue weighted by molar-refractivity contribution is 7.85. The highest BCUT2D eigenvalue weighted by Gasteiger charge is 2.02. The van der Waals surface area contributed by atoms with Crippen molar-refractivity contribution in [1.29, 1.82) is 5.26 Å². The van der Waals surface area contributed by atoms with Crippen molar-refractivity contribution in [2.24, 2.45) is 0 Å². The molecule has 0 N–H and O–H groups in total. The molecule has 5 nitrogen and oxygen atoms in total. The summed E-state index contributed by atoms with van der Waals surface area (Å²) in [5, 5.41) is 8.66. The highest BCUT2D eigenvalue weighted by Crippen LogP contribution is 2.14. The third kappa shape index (κ3) is 13.2. The number of aryl methyl sites for hydroxylation is 1. The second-order valence-electron chi connectivity index (χ2n) is 9.39. The summed E-state index contributed by atoms with van der Waals surface area (Å²) in [6.07, 6.45) is 17.9.